The zero-order valence-electron chi connectivity index (χ0n) is 17.9. The number of methoxy groups -OCH3 is 2. The smallest absolute Gasteiger partial charge is 0.265 e. The van der Waals surface area contributed by atoms with E-state index < -0.39 is 22.5 Å². The average Bonchev–Trinajstić information content (AvgIpc) is 2.79. The molecule has 0 aliphatic carbocycles. The molecule has 174 valence electrons. The molecule has 2 N–H and O–H groups in total. The molecule has 0 aromatic heterocycles. The van der Waals surface area contributed by atoms with E-state index in [0.717, 1.165) is 9.87 Å². The molecule has 0 spiro atoms. The summed E-state index contributed by atoms with van der Waals surface area (Å²) in [6, 6.07) is 16.1. The van der Waals surface area contributed by atoms with E-state index in [2.05, 4.69) is 0 Å². The first kappa shape index (κ1) is 24.7. The van der Waals surface area contributed by atoms with Crippen LogP contribution in [-0.2, 0) is 21.2 Å². The summed E-state index contributed by atoms with van der Waals surface area (Å²) in [5.41, 5.74) is 7.00. The molecule has 0 aliphatic rings. The van der Waals surface area contributed by atoms with Crippen LogP contribution in [0, 0.1) is 0 Å². The molecule has 0 saturated carbocycles. The number of amides is 1. The van der Waals surface area contributed by atoms with Gasteiger partial charge < -0.3 is 15.2 Å². The van der Waals surface area contributed by atoms with Crippen molar-refractivity contribution in [3.8, 4) is 11.5 Å². The van der Waals surface area contributed by atoms with Gasteiger partial charge in [-0.1, -0.05) is 41.4 Å². The van der Waals surface area contributed by atoms with Crippen LogP contribution in [0.3, 0.4) is 0 Å². The lowest BCUT2D eigenvalue weighted by atomic mass is 10.0. The molecular formula is C23H22Cl2N2O5S. The highest BCUT2D eigenvalue weighted by atomic mass is 35.5. The predicted molar refractivity (Wildman–Crippen MR) is 129 cm³/mol. The maximum absolute atomic E-state index is 13.7. The minimum Gasteiger partial charge on any atom is -0.497 e. The number of carbonyl (C=O) groups excluding carboxylic acids is 1. The van der Waals surface area contributed by atoms with Crippen LogP contribution in [0.2, 0.25) is 10.0 Å². The Kier molecular flexibility index (Phi) is 7.73. The summed E-state index contributed by atoms with van der Waals surface area (Å²) < 4.78 is 38.8. The van der Waals surface area contributed by atoms with Crippen LogP contribution in [0.5, 0.6) is 11.5 Å². The van der Waals surface area contributed by atoms with Crippen molar-refractivity contribution in [2.75, 3.05) is 25.1 Å². The number of ether oxygens (including phenoxy) is 2. The Morgan fingerprint density at radius 2 is 1.58 bits per heavy atom. The molecule has 10 heteroatoms. The SMILES string of the molecule is COc1cc(OC)cc(S(=O)(=O)N(CC(N)=O)c2ccc(Cl)cc2Cc2ccccc2Cl)c1. The Labute approximate surface area is 202 Å². The summed E-state index contributed by atoms with van der Waals surface area (Å²) in [6.45, 7) is -0.584. The second-order valence-corrected chi connectivity index (χ2v) is 9.77. The number of halogens is 2. The van der Waals surface area contributed by atoms with Crippen molar-refractivity contribution in [3.63, 3.8) is 0 Å². The molecule has 3 aromatic rings. The first-order valence-corrected chi connectivity index (χ1v) is 11.9. The number of benzene rings is 3. The Hall–Kier alpha value is -2.94. The number of sulfonamides is 1. The molecule has 0 unspecified atom stereocenters. The zero-order chi connectivity index (χ0) is 24.2. The number of anilines is 1. The summed E-state index contributed by atoms with van der Waals surface area (Å²) >= 11 is 12.5. The summed E-state index contributed by atoms with van der Waals surface area (Å²) in [6.07, 6.45) is 0.280. The monoisotopic (exact) mass is 508 g/mol. The van der Waals surface area contributed by atoms with Gasteiger partial charge in [-0.25, -0.2) is 8.42 Å². The lowest BCUT2D eigenvalue weighted by Crippen LogP contribution is -2.39. The third kappa shape index (κ3) is 5.71. The fourth-order valence-corrected chi connectivity index (χ4v) is 5.20. The van der Waals surface area contributed by atoms with E-state index in [1.807, 2.05) is 12.1 Å². The highest BCUT2D eigenvalue weighted by molar-refractivity contribution is 7.92. The quantitative estimate of drug-likeness (QED) is 0.464. The van der Waals surface area contributed by atoms with Gasteiger partial charge in [0.15, 0.2) is 0 Å². The lowest BCUT2D eigenvalue weighted by molar-refractivity contribution is -0.116. The summed E-state index contributed by atoms with van der Waals surface area (Å²) in [7, 11) is -1.44. The van der Waals surface area contributed by atoms with E-state index in [9.17, 15) is 13.2 Å². The fraction of sp³-hybridized carbons (Fsp3) is 0.174. The number of nitrogens with zero attached hydrogens (tertiary/aromatic N) is 1. The molecule has 0 atom stereocenters. The second-order valence-electron chi connectivity index (χ2n) is 7.07. The van der Waals surface area contributed by atoms with Crippen LogP contribution in [0.4, 0.5) is 5.69 Å². The highest BCUT2D eigenvalue weighted by Crippen LogP contribution is 2.34. The molecule has 0 saturated heterocycles. The Balaban J connectivity index is 2.18. The number of hydrogen-bond acceptors (Lipinski definition) is 5. The number of hydrogen-bond donors (Lipinski definition) is 1. The maximum Gasteiger partial charge on any atom is 0.265 e. The van der Waals surface area contributed by atoms with Gasteiger partial charge in [0, 0.05) is 34.7 Å². The molecular weight excluding hydrogens is 487 g/mol. The van der Waals surface area contributed by atoms with Gasteiger partial charge in [0.05, 0.1) is 24.8 Å². The third-order valence-electron chi connectivity index (χ3n) is 4.86. The van der Waals surface area contributed by atoms with Crippen LogP contribution >= 0.6 is 23.2 Å². The fourth-order valence-electron chi connectivity index (χ4n) is 3.28. The van der Waals surface area contributed by atoms with Crippen molar-refractivity contribution < 1.29 is 22.7 Å². The molecule has 3 rings (SSSR count). The predicted octanol–water partition coefficient (Wildman–Crippen LogP) is 4.28. The average molecular weight is 509 g/mol. The largest absolute Gasteiger partial charge is 0.497 e. The third-order valence-corrected chi connectivity index (χ3v) is 7.20. The summed E-state index contributed by atoms with van der Waals surface area (Å²) in [5.74, 6) is -0.272. The first-order valence-electron chi connectivity index (χ1n) is 9.71. The topological polar surface area (TPSA) is 98.9 Å². The van der Waals surface area contributed by atoms with E-state index in [4.69, 9.17) is 38.4 Å². The van der Waals surface area contributed by atoms with Crippen molar-refractivity contribution >= 4 is 44.8 Å². The van der Waals surface area contributed by atoms with Crippen LogP contribution in [0.15, 0.2) is 65.6 Å². The van der Waals surface area contributed by atoms with Crippen molar-refractivity contribution in [1.29, 1.82) is 0 Å². The van der Waals surface area contributed by atoms with E-state index in [1.165, 1.54) is 32.4 Å². The molecule has 0 bridgehead atoms. The number of carbonyl (C=O) groups is 1. The highest BCUT2D eigenvalue weighted by Gasteiger charge is 2.29. The van der Waals surface area contributed by atoms with E-state index in [-0.39, 0.29) is 28.5 Å². The molecule has 0 fully saturated rings. The maximum atomic E-state index is 13.7. The van der Waals surface area contributed by atoms with Gasteiger partial charge in [-0.3, -0.25) is 9.10 Å². The Morgan fingerprint density at radius 1 is 0.939 bits per heavy atom. The minimum atomic E-state index is -4.26. The van der Waals surface area contributed by atoms with E-state index in [0.29, 0.717) is 15.6 Å². The van der Waals surface area contributed by atoms with Gasteiger partial charge in [-0.15, -0.1) is 0 Å². The molecule has 1 amide bonds. The zero-order valence-corrected chi connectivity index (χ0v) is 20.2. The normalized spacial score (nSPS) is 11.2. The second kappa shape index (κ2) is 10.3. The minimum absolute atomic E-state index is 0.126. The van der Waals surface area contributed by atoms with Crippen LogP contribution in [0.25, 0.3) is 0 Å². The summed E-state index contributed by atoms with van der Waals surface area (Å²) in [5, 5.41) is 0.922. The van der Waals surface area contributed by atoms with Crippen molar-refractivity contribution in [1.82, 2.24) is 0 Å². The van der Waals surface area contributed by atoms with Gasteiger partial charge in [0.1, 0.15) is 18.0 Å². The molecule has 33 heavy (non-hydrogen) atoms. The number of primary amides is 1. The van der Waals surface area contributed by atoms with Gasteiger partial charge in [-0.05, 0) is 35.4 Å². The Morgan fingerprint density at radius 3 is 2.15 bits per heavy atom. The van der Waals surface area contributed by atoms with Crippen LogP contribution < -0.4 is 19.5 Å². The van der Waals surface area contributed by atoms with Crippen molar-refractivity contribution in [3.05, 3.63) is 81.8 Å². The van der Waals surface area contributed by atoms with Gasteiger partial charge in [0.25, 0.3) is 10.0 Å². The molecule has 0 radical (unpaired) electrons. The first-order chi connectivity index (χ1) is 15.6. The number of rotatable bonds is 9. The van der Waals surface area contributed by atoms with Crippen molar-refractivity contribution in [2.45, 2.75) is 11.3 Å². The van der Waals surface area contributed by atoms with E-state index in [1.54, 1.807) is 30.3 Å². The molecule has 0 aliphatic heterocycles. The Bertz CT molecular complexity index is 1260. The van der Waals surface area contributed by atoms with E-state index >= 15 is 0 Å². The van der Waals surface area contributed by atoms with Gasteiger partial charge >= 0.3 is 0 Å². The lowest BCUT2D eigenvalue weighted by Gasteiger charge is -2.26. The van der Waals surface area contributed by atoms with Crippen molar-refractivity contribution in [2.24, 2.45) is 5.73 Å². The summed E-state index contributed by atoms with van der Waals surface area (Å²) in [4.78, 5) is 11.8. The standard InChI is InChI=1S/C23H22Cl2N2O5S/c1-31-18-11-19(32-2)13-20(12-18)33(29,30)27(14-23(26)28)22-8-7-17(24)10-16(22)9-15-5-3-4-6-21(15)25/h3-8,10-13H,9,14H2,1-2H3,(H2,26,28). The van der Waals surface area contributed by atoms with Crippen LogP contribution in [0.1, 0.15) is 11.1 Å². The molecule has 7 nitrogen and oxygen atoms in total. The van der Waals surface area contributed by atoms with Gasteiger partial charge in [-0.2, -0.15) is 0 Å². The molecule has 0 heterocycles. The van der Waals surface area contributed by atoms with Gasteiger partial charge in [0.2, 0.25) is 5.91 Å². The van der Waals surface area contributed by atoms with Crippen LogP contribution in [-0.4, -0.2) is 35.1 Å². The molecule has 3 aromatic carbocycles. The number of nitrogens with two attached hydrogens (primary N) is 1.